The number of nitrogens with one attached hydrogen (secondary N) is 2. The van der Waals surface area contributed by atoms with Crippen molar-refractivity contribution < 1.29 is 9.47 Å². The van der Waals surface area contributed by atoms with Crippen molar-refractivity contribution in [3.05, 3.63) is 11.9 Å². The lowest BCUT2D eigenvalue weighted by molar-refractivity contribution is -0.0819. The van der Waals surface area contributed by atoms with Crippen LogP contribution in [0.3, 0.4) is 0 Å². The van der Waals surface area contributed by atoms with Crippen molar-refractivity contribution in [2.75, 3.05) is 43.5 Å². The zero-order valence-corrected chi connectivity index (χ0v) is 12.3. The molecule has 0 spiro atoms. The van der Waals surface area contributed by atoms with Gasteiger partial charge in [-0.25, -0.2) is 9.97 Å². The Morgan fingerprint density at radius 2 is 2.00 bits per heavy atom. The molecule has 6 nitrogen and oxygen atoms in total. The second kappa shape index (κ2) is 8.01. The Hall–Kier alpha value is -1.40. The van der Waals surface area contributed by atoms with E-state index in [9.17, 15) is 0 Å². The molecule has 1 aromatic heterocycles. The SMILES string of the molecule is CCCNc1ncnc(NCC2COCCO2)c1CC. The van der Waals surface area contributed by atoms with Gasteiger partial charge in [0.15, 0.2) is 0 Å². The van der Waals surface area contributed by atoms with Gasteiger partial charge in [0.25, 0.3) is 0 Å². The summed E-state index contributed by atoms with van der Waals surface area (Å²) < 4.78 is 11.0. The van der Waals surface area contributed by atoms with E-state index >= 15 is 0 Å². The van der Waals surface area contributed by atoms with Gasteiger partial charge in [0, 0.05) is 18.7 Å². The Morgan fingerprint density at radius 3 is 2.65 bits per heavy atom. The molecular formula is C14H24N4O2. The number of anilines is 2. The third kappa shape index (κ3) is 4.05. The molecule has 1 unspecified atom stereocenters. The summed E-state index contributed by atoms with van der Waals surface area (Å²) in [5.41, 5.74) is 1.12. The maximum Gasteiger partial charge on any atom is 0.134 e. The summed E-state index contributed by atoms with van der Waals surface area (Å²) in [6.45, 7) is 7.87. The van der Waals surface area contributed by atoms with E-state index in [2.05, 4.69) is 34.4 Å². The molecule has 0 aromatic carbocycles. The fourth-order valence-corrected chi connectivity index (χ4v) is 2.16. The molecule has 0 aliphatic carbocycles. The van der Waals surface area contributed by atoms with Crippen molar-refractivity contribution in [3.63, 3.8) is 0 Å². The van der Waals surface area contributed by atoms with Gasteiger partial charge in [-0.05, 0) is 12.8 Å². The van der Waals surface area contributed by atoms with Gasteiger partial charge in [-0.2, -0.15) is 0 Å². The molecule has 2 rings (SSSR count). The molecule has 1 atom stereocenters. The zero-order chi connectivity index (χ0) is 14.2. The standard InChI is InChI=1S/C14H24N4O2/c1-3-5-15-13-12(4-2)14(18-10-17-13)16-8-11-9-19-6-7-20-11/h10-11H,3-9H2,1-2H3,(H2,15,16,17,18). The molecule has 20 heavy (non-hydrogen) atoms. The van der Waals surface area contributed by atoms with Gasteiger partial charge < -0.3 is 20.1 Å². The summed E-state index contributed by atoms with van der Waals surface area (Å²) in [7, 11) is 0. The van der Waals surface area contributed by atoms with Crippen LogP contribution < -0.4 is 10.6 Å². The highest BCUT2D eigenvalue weighted by atomic mass is 16.6. The second-order valence-corrected chi connectivity index (χ2v) is 4.78. The highest BCUT2D eigenvalue weighted by molar-refractivity contribution is 5.57. The summed E-state index contributed by atoms with van der Waals surface area (Å²) in [6.07, 6.45) is 3.65. The lowest BCUT2D eigenvalue weighted by atomic mass is 10.2. The lowest BCUT2D eigenvalue weighted by Gasteiger charge is -2.24. The first kappa shape index (κ1) is 15.0. The fourth-order valence-electron chi connectivity index (χ4n) is 2.16. The third-order valence-electron chi connectivity index (χ3n) is 3.22. The monoisotopic (exact) mass is 280 g/mol. The first-order valence-corrected chi connectivity index (χ1v) is 7.36. The number of hydrogen-bond acceptors (Lipinski definition) is 6. The molecule has 1 aliphatic rings. The van der Waals surface area contributed by atoms with Gasteiger partial charge in [-0.15, -0.1) is 0 Å². The van der Waals surface area contributed by atoms with E-state index in [0.29, 0.717) is 26.4 Å². The molecule has 1 aliphatic heterocycles. The van der Waals surface area contributed by atoms with Crippen molar-refractivity contribution in [1.29, 1.82) is 0 Å². The number of nitrogens with zero attached hydrogens (tertiary/aromatic N) is 2. The molecule has 0 saturated carbocycles. The molecule has 0 bridgehead atoms. The smallest absolute Gasteiger partial charge is 0.134 e. The maximum absolute atomic E-state index is 5.62. The summed E-state index contributed by atoms with van der Waals surface area (Å²) >= 11 is 0. The first-order valence-electron chi connectivity index (χ1n) is 7.36. The third-order valence-corrected chi connectivity index (χ3v) is 3.22. The van der Waals surface area contributed by atoms with Gasteiger partial charge in [0.1, 0.15) is 18.0 Å². The number of rotatable bonds is 7. The van der Waals surface area contributed by atoms with Crippen LogP contribution in [0.1, 0.15) is 25.8 Å². The minimum Gasteiger partial charge on any atom is -0.376 e. The molecule has 112 valence electrons. The van der Waals surface area contributed by atoms with Crippen LogP contribution in [0.15, 0.2) is 6.33 Å². The van der Waals surface area contributed by atoms with E-state index in [4.69, 9.17) is 9.47 Å². The van der Waals surface area contributed by atoms with Gasteiger partial charge in [-0.1, -0.05) is 13.8 Å². The van der Waals surface area contributed by atoms with Crippen molar-refractivity contribution in [2.24, 2.45) is 0 Å². The minimum atomic E-state index is 0.0930. The number of aromatic nitrogens is 2. The van der Waals surface area contributed by atoms with Gasteiger partial charge >= 0.3 is 0 Å². The van der Waals surface area contributed by atoms with E-state index in [-0.39, 0.29) is 6.10 Å². The van der Waals surface area contributed by atoms with Crippen LogP contribution in [-0.4, -0.2) is 49.0 Å². The molecule has 0 radical (unpaired) electrons. The molecule has 1 aromatic rings. The van der Waals surface area contributed by atoms with Crippen LogP contribution in [0.4, 0.5) is 11.6 Å². The Balaban J connectivity index is 1.98. The Labute approximate surface area is 120 Å². The van der Waals surface area contributed by atoms with E-state index in [0.717, 1.165) is 36.6 Å². The van der Waals surface area contributed by atoms with Crippen LogP contribution in [0.5, 0.6) is 0 Å². The lowest BCUT2D eigenvalue weighted by Crippen LogP contribution is -2.34. The predicted molar refractivity (Wildman–Crippen MR) is 79.2 cm³/mol. The molecule has 2 N–H and O–H groups in total. The zero-order valence-electron chi connectivity index (χ0n) is 12.3. The molecule has 1 fully saturated rings. The van der Waals surface area contributed by atoms with E-state index in [1.807, 2.05) is 0 Å². The molecular weight excluding hydrogens is 256 g/mol. The molecule has 0 amide bonds. The molecule has 1 saturated heterocycles. The predicted octanol–water partition coefficient (Wildman–Crippen LogP) is 1.69. The quantitative estimate of drug-likeness (QED) is 0.792. The van der Waals surface area contributed by atoms with Crippen molar-refractivity contribution in [2.45, 2.75) is 32.8 Å². The summed E-state index contributed by atoms with van der Waals surface area (Å²) in [6, 6.07) is 0. The Kier molecular flexibility index (Phi) is 6.01. The Morgan fingerprint density at radius 1 is 1.20 bits per heavy atom. The van der Waals surface area contributed by atoms with E-state index < -0.39 is 0 Å². The van der Waals surface area contributed by atoms with Crippen molar-refractivity contribution >= 4 is 11.6 Å². The Bertz CT molecular complexity index is 408. The maximum atomic E-state index is 5.62. The summed E-state index contributed by atoms with van der Waals surface area (Å²) in [5, 5.41) is 6.70. The average molecular weight is 280 g/mol. The van der Waals surface area contributed by atoms with Gasteiger partial charge in [0.2, 0.25) is 0 Å². The van der Waals surface area contributed by atoms with E-state index in [1.54, 1.807) is 6.33 Å². The van der Waals surface area contributed by atoms with Crippen molar-refractivity contribution in [1.82, 2.24) is 9.97 Å². The summed E-state index contributed by atoms with van der Waals surface area (Å²) in [4.78, 5) is 8.67. The van der Waals surface area contributed by atoms with Crippen LogP contribution in [0, 0.1) is 0 Å². The van der Waals surface area contributed by atoms with Gasteiger partial charge in [0.05, 0.1) is 25.9 Å². The average Bonchev–Trinajstić information content (AvgIpc) is 2.51. The first-order chi connectivity index (χ1) is 9.85. The van der Waals surface area contributed by atoms with E-state index in [1.165, 1.54) is 0 Å². The van der Waals surface area contributed by atoms with Crippen LogP contribution >= 0.6 is 0 Å². The van der Waals surface area contributed by atoms with Gasteiger partial charge in [-0.3, -0.25) is 0 Å². The normalized spacial score (nSPS) is 18.8. The minimum absolute atomic E-state index is 0.0930. The van der Waals surface area contributed by atoms with Crippen LogP contribution in [-0.2, 0) is 15.9 Å². The van der Waals surface area contributed by atoms with Crippen LogP contribution in [0.25, 0.3) is 0 Å². The number of ether oxygens (including phenoxy) is 2. The second-order valence-electron chi connectivity index (χ2n) is 4.78. The molecule has 6 heteroatoms. The highest BCUT2D eigenvalue weighted by Gasteiger charge is 2.16. The van der Waals surface area contributed by atoms with Crippen LogP contribution in [0.2, 0.25) is 0 Å². The fraction of sp³-hybridized carbons (Fsp3) is 0.714. The largest absolute Gasteiger partial charge is 0.376 e. The van der Waals surface area contributed by atoms with Crippen molar-refractivity contribution in [3.8, 4) is 0 Å². The highest BCUT2D eigenvalue weighted by Crippen LogP contribution is 2.20. The topological polar surface area (TPSA) is 68.3 Å². The molecule has 2 heterocycles. The number of hydrogen-bond donors (Lipinski definition) is 2. The summed E-state index contributed by atoms with van der Waals surface area (Å²) in [5.74, 6) is 1.81.